The summed E-state index contributed by atoms with van der Waals surface area (Å²) < 4.78 is 5.10. The Morgan fingerprint density at radius 3 is 2.87 bits per heavy atom. The van der Waals surface area contributed by atoms with Crippen LogP contribution in [0, 0.1) is 12.8 Å². The molecule has 7 heteroatoms. The van der Waals surface area contributed by atoms with Gasteiger partial charge in [0.15, 0.2) is 5.13 Å². The Balaban J connectivity index is 1.69. The van der Waals surface area contributed by atoms with Gasteiger partial charge in [-0.1, -0.05) is 40.8 Å². The van der Waals surface area contributed by atoms with Gasteiger partial charge in [0, 0.05) is 18.8 Å². The summed E-state index contributed by atoms with van der Waals surface area (Å²) >= 11 is 1.41. The zero-order chi connectivity index (χ0) is 15.8. The van der Waals surface area contributed by atoms with Crippen molar-refractivity contribution in [1.82, 2.24) is 15.1 Å². The largest absolute Gasteiger partial charge is 0.339 e. The highest BCUT2D eigenvalue weighted by Crippen LogP contribution is 2.39. The smallest absolute Gasteiger partial charge is 0.229 e. The lowest BCUT2D eigenvalue weighted by Crippen LogP contribution is -2.13. The van der Waals surface area contributed by atoms with Crippen LogP contribution in [-0.2, 0) is 4.79 Å². The lowest BCUT2D eigenvalue weighted by molar-refractivity contribution is -0.117. The molecule has 0 aromatic carbocycles. The predicted octanol–water partition coefficient (Wildman–Crippen LogP) is 3.45. The molecule has 1 N–H and O–H groups in total. The maximum Gasteiger partial charge on any atom is 0.229 e. The van der Waals surface area contributed by atoms with Crippen LogP contribution in [0.25, 0.3) is 10.7 Å². The molecule has 1 fully saturated rings. The van der Waals surface area contributed by atoms with Crippen molar-refractivity contribution in [3.05, 3.63) is 35.9 Å². The molecule has 0 bridgehead atoms. The van der Waals surface area contributed by atoms with Crippen molar-refractivity contribution in [3.63, 3.8) is 0 Å². The van der Waals surface area contributed by atoms with Gasteiger partial charge in [-0.15, -0.1) is 0 Å². The van der Waals surface area contributed by atoms with E-state index in [1.54, 1.807) is 6.92 Å². The third-order valence-corrected chi connectivity index (χ3v) is 4.88. The van der Waals surface area contributed by atoms with Crippen LogP contribution in [0.4, 0.5) is 5.13 Å². The van der Waals surface area contributed by atoms with Crippen LogP contribution in [0.2, 0.25) is 0 Å². The van der Waals surface area contributed by atoms with Crippen molar-refractivity contribution in [1.29, 1.82) is 0 Å². The number of anilines is 1. The Morgan fingerprint density at radius 2 is 2.22 bits per heavy atom. The number of carbonyl (C=O) groups excluding carboxylic acids is 1. The van der Waals surface area contributed by atoms with E-state index in [9.17, 15) is 4.79 Å². The van der Waals surface area contributed by atoms with Crippen LogP contribution in [0.5, 0.6) is 0 Å². The van der Waals surface area contributed by atoms with Crippen LogP contribution in [-0.4, -0.2) is 21.0 Å². The Kier molecular flexibility index (Phi) is 3.57. The number of thiazole rings is 1. The molecule has 118 valence electrons. The Hall–Kier alpha value is -2.28. The minimum Gasteiger partial charge on any atom is -0.339 e. The number of aromatic nitrogens is 3. The van der Waals surface area contributed by atoms with Gasteiger partial charge in [-0.2, -0.15) is 4.98 Å². The number of amides is 1. The molecule has 1 amide bonds. The molecule has 1 atom stereocenters. The van der Waals surface area contributed by atoms with Gasteiger partial charge in [0.05, 0.1) is 5.69 Å². The Bertz CT molecular complexity index is 801. The molecule has 4 rings (SSSR count). The average molecular weight is 328 g/mol. The maximum absolute atomic E-state index is 12.0. The van der Waals surface area contributed by atoms with Crippen LogP contribution in [0.1, 0.15) is 36.8 Å². The summed E-state index contributed by atoms with van der Waals surface area (Å²) in [5.74, 6) is 1.42. The average Bonchev–Trinajstić information content (AvgIpc) is 3.21. The number of nitrogens with zero attached hydrogens (tertiary/aromatic N) is 3. The minimum absolute atomic E-state index is 0.0558. The van der Waals surface area contributed by atoms with Crippen molar-refractivity contribution in [2.45, 2.75) is 32.1 Å². The molecule has 0 spiro atoms. The van der Waals surface area contributed by atoms with E-state index in [4.69, 9.17) is 4.52 Å². The number of carbonyl (C=O) groups is 1. The van der Waals surface area contributed by atoms with E-state index in [2.05, 4.69) is 32.6 Å². The van der Waals surface area contributed by atoms with Gasteiger partial charge in [-0.3, -0.25) is 4.79 Å². The second kappa shape index (κ2) is 5.73. The minimum atomic E-state index is 0.0558. The van der Waals surface area contributed by atoms with E-state index in [1.807, 2.05) is 12.2 Å². The monoisotopic (exact) mass is 328 g/mol. The molecular formula is C16H16N4O2S. The van der Waals surface area contributed by atoms with Gasteiger partial charge < -0.3 is 9.84 Å². The van der Waals surface area contributed by atoms with Gasteiger partial charge in [-0.05, 0) is 19.3 Å². The molecule has 2 aliphatic carbocycles. The molecule has 1 saturated carbocycles. The van der Waals surface area contributed by atoms with Gasteiger partial charge >= 0.3 is 0 Å². The molecule has 0 saturated heterocycles. The highest BCUT2D eigenvalue weighted by Gasteiger charge is 2.31. The first-order valence-electron chi connectivity index (χ1n) is 7.66. The molecule has 6 nitrogen and oxygen atoms in total. The fourth-order valence-electron chi connectivity index (χ4n) is 2.52. The Labute approximate surface area is 137 Å². The molecule has 1 unspecified atom stereocenters. The van der Waals surface area contributed by atoms with Crippen LogP contribution in [0.3, 0.4) is 0 Å². The summed E-state index contributed by atoms with van der Waals surface area (Å²) in [5.41, 5.74) is 0.891. The first-order valence-corrected chi connectivity index (χ1v) is 8.48. The van der Waals surface area contributed by atoms with Crippen LogP contribution >= 0.6 is 11.3 Å². The first-order chi connectivity index (χ1) is 11.2. The van der Waals surface area contributed by atoms with Crippen molar-refractivity contribution in [3.8, 4) is 10.7 Å². The van der Waals surface area contributed by atoms with Gasteiger partial charge in [0.25, 0.3) is 0 Å². The van der Waals surface area contributed by atoms with Crippen molar-refractivity contribution in [2.75, 3.05) is 5.32 Å². The topological polar surface area (TPSA) is 80.9 Å². The third kappa shape index (κ3) is 2.96. The summed E-state index contributed by atoms with van der Waals surface area (Å²) in [7, 11) is 0. The standard InChI is InChI=1S/C16H16N4O2S/c1-9-17-14(20-22-9)13-12(10-5-3-2-4-6-10)18-16(23-13)19-15(21)11-7-8-11/h2-5,10-11H,6-8H2,1H3,(H,18,19,21). The third-order valence-electron chi connectivity index (χ3n) is 3.89. The van der Waals surface area contributed by atoms with E-state index in [1.165, 1.54) is 11.3 Å². The number of hydrogen-bond donors (Lipinski definition) is 1. The highest BCUT2D eigenvalue weighted by atomic mass is 32.1. The zero-order valence-corrected chi connectivity index (χ0v) is 13.5. The Morgan fingerprint density at radius 1 is 1.35 bits per heavy atom. The molecule has 23 heavy (non-hydrogen) atoms. The van der Waals surface area contributed by atoms with E-state index in [0.29, 0.717) is 16.8 Å². The van der Waals surface area contributed by atoms with Gasteiger partial charge in [0.2, 0.25) is 17.6 Å². The lowest BCUT2D eigenvalue weighted by atomic mass is 9.96. The highest BCUT2D eigenvalue weighted by molar-refractivity contribution is 7.19. The lowest BCUT2D eigenvalue weighted by Gasteiger charge is -2.11. The van der Waals surface area contributed by atoms with Gasteiger partial charge in [0.1, 0.15) is 4.88 Å². The molecule has 2 aromatic heterocycles. The summed E-state index contributed by atoms with van der Waals surface area (Å²) in [6.45, 7) is 1.76. The molecule has 2 heterocycles. The normalized spacial score (nSPS) is 20.0. The molecule has 0 aliphatic heterocycles. The number of hydrogen-bond acceptors (Lipinski definition) is 6. The summed E-state index contributed by atoms with van der Waals surface area (Å²) in [4.78, 5) is 21.8. The number of allylic oxidation sites excluding steroid dienone is 4. The maximum atomic E-state index is 12.0. The number of rotatable bonds is 4. The predicted molar refractivity (Wildman–Crippen MR) is 87.1 cm³/mol. The van der Waals surface area contributed by atoms with E-state index in [-0.39, 0.29) is 17.7 Å². The number of aryl methyl sites for hydroxylation is 1. The zero-order valence-electron chi connectivity index (χ0n) is 12.7. The molecule has 0 radical (unpaired) electrons. The summed E-state index contributed by atoms with van der Waals surface area (Å²) in [6, 6.07) is 0. The van der Waals surface area contributed by atoms with Crippen molar-refractivity contribution >= 4 is 22.4 Å². The first kappa shape index (κ1) is 14.3. The molecule has 2 aromatic rings. The molecule has 2 aliphatic rings. The summed E-state index contributed by atoms with van der Waals surface area (Å²) in [6.07, 6.45) is 11.1. The van der Waals surface area contributed by atoms with E-state index >= 15 is 0 Å². The number of nitrogens with one attached hydrogen (secondary N) is 1. The van der Waals surface area contributed by atoms with Gasteiger partial charge in [-0.25, -0.2) is 4.98 Å². The fraction of sp³-hybridized carbons (Fsp3) is 0.375. The van der Waals surface area contributed by atoms with E-state index in [0.717, 1.165) is 29.8 Å². The SMILES string of the molecule is Cc1nc(-c2sc(NC(=O)C3CC3)nc2C2C=CC=CC2)no1. The summed E-state index contributed by atoms with van der Waals surface area (Å²) in [5, 5.41) is 7.54. The van der Waals surface area contributed by atoms with Crippen LogP contribution < -0.4 is 5.32 Å². The van der Waals surface area contributed by atoms with Crippen molar-refractivity contribution < 1.29 is 9.32 Å². The quantitative estimate of drug-likeness (QED) is 0.929. The van der Waals surface area contributed by atoms with E-state index < -0.39 is 0 Å². The van der Waals surface area contributed by atoms with Crippen LogP contribution in [0.15, 0.2) is 28.8 Å². The second-order valence-electron chi connectivity index (χ2n) is 5.79. The second-order valence-corrected chi connectivity index (χ2v) is 6.79. The fourth-order valence-corrected chi connectivity index (χ4v) is 3.49. The van der Waals surface area contributed by atoms with Crippen molar-refractivity contribution in [2.24, 2.45) is 5.92 Å². The molecular weight excluding hydrogens is 312 g/mol.